The molecule has 2 aliphatic heterocycles. The molecule has 0 bridgehead atoms. The maximum atomic E-state index is 11.9. The van der Waals surface area contributed by atoms with Gasteiger partial charge in [0, 0.05) is 74.1 Å². The Morgan fingerprint density at radius 2 is 1.84 bits per heavy atom. The Labute approximate surface area is 224 Å². The number of carboxylic acid groups (broad SMARTS) is 1. The Hall–Kier alpha value is -3.03. The molecule has 3 heterocycles. The normalized spacial score (nSPS) is 19.0. The van der Waals surface area contributed by atoms with Gasteiger partial charge >= 0.3 is 5.97 Å². The highest BCUT2D eigenvalue weighted by Crippen LogP contribution is 2.48. The van der Waals surface area contributed by atoms with Crippen LogP contribution in [0.5, 0.6) is 5.75 Å². The van der Waals surface area contributed by atoms with Gasteiger partial charge in [-0.15, -0.1) is 0 Å². The quantitative estimate of drug-likeness (QED) is 0.459. The average molecular weight is 518 g/mol. The zero-order valence-corrected chi connectivity index (χ0v) is 22.5. The van der Waals surface area contributed by atoms with Crippen molar-refractivity contribution in [2.45, 2.75) is 51.0 Å². The van der Waals surface area contributed by atoms with Gasteiger partial charge in [-0.05, 0) is 55.0 Å². The second-order valence-electron chi connectivity index (χ2n) is 11.0. The highest BCUT2D eigenvalue weighted by Gasteiger charge is 2.31. The standard InChI is InChI=1S/C31H39N3O4/c1-37-24-9-11-26-27(21-24)33(14-13-32-12-5-18-38-19-17-32)15-16-34-28-20-23(31(35)36)8-10-25(28)29(30(26)34)22-6-3-2-4-7-22/h8-11,20-22H,2-7,12-19H2,1H3,(H,35,36). The molecule has 0 spiro atoms. The number of aromatic nitrogens is 1. The molecular weight excluding hydrogens is 478 g/mol. The summed E-state index contributed by atoms with van der Waals surface area (Å²) in [4.78, 5) is 16.9. The number of methoxy groups -OCH3 is 1. The van der Waals surface area contributed by atoms with E-state index in [1.807, 2.05) is 6.07 Å². The van der Waals surface area contributed by atoms with Crippen molar-refractivity contribution in [1.29, 1.82) is 0 Å². The molecule has 3 aromatic rings. The number of benzene rings is 2. The molecule has 202 valence electrons. The Morgan fingerprint density at radius 3 is 2.66 bits per heavy atom. The molecule has 0 radical (unpaired) electrons. The first-order valence-electron chi connectivity index (χ1n) is 14.3. The molecule has 2 aromatic carbocycles. The lowest BCUT2D eigenvalue weighted by Gasteiger charge is -2.29. The molecule has 7 nitrogen and oxygen atoms in total. The number of ether oxygens (including phenoxy) is 2. The third-order valence-electron chi connectivity index (χ3n) is 8.76. The van der Waals surface area contributed by atoms with Gasteiger partial charge in [-0.1, -0.05) is 25.3 Å². The Morgan fingerprint density at radius 1 is 0.974 bits per heavy atom. The molecular formula is C31H39N3O4. The van der Waals surface area contributed by atoms with Crippen LogP contribution in [0.3, 0.4) is 0 Å². The van der Waals surface area contributed by atoms with Crippen LogP contribution in [-0.2, 0) is 11.3 Å². The zero-order valence-electron chi connectivity index (χ0n) is 22.5. The fraction of sp³-hybridized carbons (Fsp3) is 0.516. The number of carboxylic acids is 1. The van der Waals surface area contributed by atoms with Crippen LogP contribution in [0.15, 0.2) is 36.4 Å². The molecule has 7 heteroatoms. The summed E-state index contributed by atoms with van der Waals surface area (Å²) in [5.41, 5.74) is 6.54. The number of aromatic carboxylic acids is 1. The average Bonchev–Trinajstić information content (AvgIpc) is 3.09. The van der Waals surface area contributed by atoms with Crippen LogP contribution in [0.2, 0.25) is 0 Å². The number of hydrogen-bond donors (Lipinski definition) is 1. The number of hydrogen-bond acceptors (Lipinski definition) is 5. The predicted octanol–water partition coefficient (Wildman–Crippen LogP) is 5.61. The van der Waals surface area contributed by atoms with Gasteiger partial charge in [0.1, 0.15) is 5.75 Å². The molecule has 0 atom stereocenters. The van der Waals surface area contributed by atoms with E-state index in [0.29, 0.717) is 11.5 Å². The lowest BCUT2D eigenvalue weighted by atomic mass is 9.81. The van der Waals surface area contributed by atoms with E-state index in [9.17, 15) is 9.90 Å². The van der Waals surface area contributed by atoms with Crippen molar-refractivity contribution in [3.05, 3.63) is 47.5 Å². The summed E-state index contributed by atoms with van der Waals surface area (Å²) >= 11 is 0. The highest BCUT2D eigenvalue weighted by atomic mass is 16.5. The van der Waals surface area contributed by atoms with Crippen LogP contribution in [0, 0.1) is 0 Å². The molecule has 1 saturated heterocycles. The van der Waals surface area contributed by atoms with E-state index in [-0.39, 0.29) is 0 Å². The molecule has 6 rings (SSSR count). The first kappa shape index (κ1) is 25.3. The summed E-state index contributed by atoms with van der Waals surface area (Å²) in [5, 5.41) is 11.0. The van der Waals surface area contributed by atoms with E-state index in [0.717, 1.165) is 70.2 Å². The number of fused-ring (bicyclic) bond motifs is 5. The Kier molecular flexibility index (Phi) is 7.30. The maximum Gasteiger partial charge on any atom is 0.335 e. The lowest BCUT2D eigenvalue weighted by molar-refractivity contribution is 0.0697. The van der Waals surface area contributed by atoms with Gasteiger partial charge in [-0.25, -0.2) is 4.79 Å². The van der Waals surface area contributed by atoms with Crippen molar-refractivity contribution < 1.29 is 19.4 Å². The third kappa shape index (κ3) is 4.78. The fourth-order valence-corrected chi connectivity index (χ4v) is 6.79. The van der Waals surface area contributed by atoms with E-state index in [4.69, 9.17) is 9.47 Å². The van der Waals surface area contributed by atoms with Crippen LogP contribution in [-0.4, -0.2) is 73.6 Å². The largest absolute Gasteiger partial charge is 0.497 e. The monoisotopic (exact) mass is 517 g/mol. The van der Waals surface area contributed by atoms with Crippen LogP contribution >= 0.6 is 0 Å². The molecule has 1 saturated carbocycles. The van der Waals surface area contributed by atoms with Crippen LogP contribution < -0.4 is 9.64 Å². The molecule has 38 heavy (non-hydrogen) atoms. The van der Waals surface area contributed by atoms with Crippen molar-refractivity contribution >= 4 is 22.6 Å². The van der Waals surface area contributed by atoms with Crippen molar-refractivity contribution in [2.75, 3.05) is 57.9 Å². The molecule has 0 amide bonds. The van der Waals surface area contributed by atoms with E-state index in [2.05, 4.69) is 38.6 Å². The van der Waals surface area contributed by atoms with Gasteiger partial charge in [-0.3, -0.25) is 4.90 Å². The van der Waals surface area contributed by atoms with E-state index < -0.39 is 5.97 Å². The van der Waals surface area contributed by atoms with E-state index in [1.54, 1.807) is 13.2 Å². The molecule has 3 aliphatic rings. The molecule has 2 fully saturated rings. The third-order valence-corrected chi connectivity index (χ3v) is 8.76. The van der Waals surface area contributed by atoms with Gasteiger partial charge in [0.15, 0.2) is 0 Å². The van der Waals surface area contributed by atoms with Gasteiger partial charge in [0.05, 0.1) is 25.0 Å². The number of rotatable bonds is 6. The van der Waals surface area contributed by atoms with E-state index in [1.165, 1.54) is 60.0 Å². The van der Waals surface area contributed by atoms with Crippen molar-refractivity contribution in [2.24, 2.45) is 0 Å². The SMILES string of the molecule is COc1ccc2c(c1)N(CCN1CCCOCC1)CCn1c-2c(C2CCCCC2)c2ccc(C(=O)O)cc21. The van der Waals surface area contributed by atoms with Crippen molar-refractivity contribution in [3.63, 3.8) is 0 Å². The topological polar surface area (TPSA) is 67.2 Å². The molecule has 1 aromatic heterocycles. The van der Waals surface area contributed by atoms with Crippen LogP contribution in [0.4, 0.5) is 5.69 Å². The summed E-state index contributed by atoms with van der Waals surface area (Å²) < 4.78 is 13.8. The highest BCUT2D eigenvalue weighted by molar-refractivity contribution is 5.99. The summed E-state index contributed by atoms with van der Waals surface area (Å²) in [5.74, 6) is 0.495. The fourth-order valence-electron chi connectivity index (χ4n) is 6.79. The second kappa shape index (κ2) is 11.0. The molecule has 1 N–H and O–H groups in total. The number of carbonyl (C=O) groups is 1. The van der Waals surface area contributed by atoms with Gasteiger partial charge in [-0.2, -0.15) is 0 Å². The van der Waals surface area contributed by atoms with Crippen LogP contribution in [0.1, 0.15) is 60.4 Å². The Balaban J connectivity index is 1.47. The van der Waals surface area contributed by atoms with Gasteiger partial charge in [0.25, 0.3) is 0 Å². The smallest absolute Gasteiger partial charge is 0.335 e. The summed E-state index contributed by atoms with van der Waals surface area (Å²) in [7, 11) is 1.73. The summed E-state index contributed by atoms with van der Waals surface area (Å²) in [6.45, 7) is 7.32. The first-order chi connectivity index (χ1) is 18.6. The van der Waals surface area contributed by atoms with Crippen LogP contribution in [0.25, 0.3) is 22.2 Å². The minimum atomic E-state index is -0.872. The molecule has 1 aliphatic carbocycles. The molecule has 0 unspecified atom stereocenters. The second-order valence-corrected chi connectivity index (χ2v) is 11.0. The van der Waals surface area contributed by atoms with Gasteiger partial charge in [0.2, 0.25) is 0 Å². The Bertz CT molecular complexity index is 1300. The summed E-state index contributed by atoms with van der Waals surface area (Å²) in [6, 6.07) is 12.2. The minimum Gasteiger partial charge on any atom is -0.497 e. The first-order valence-corrected chi connectivity index (χ1v) is 14.3. The zero-order chi connectivity index (χ0) is 26.1. The van der Waals surface area contributed by atoms with E-state index >= 15 is 0 Å². The van der Waals surface area contributed by atoms with Gasteiger partial charge < -0.3 is 24.0 Å². The number of anilines is 1. The van der Waals surface area contributed by atoms with Crippen molar-refractivity contribution in [1.82, 2.24) is 9.47 Å². The van der Waals surface area contributed by atoms with Crippen molar-refractivity contribution in [3.8, 4) is 17.0 Å². The maximum absolute atomic E-state index is 11.9. The number of nitrogens with zero attached hydrogens (tertiary/aromatic N) is 3. The lowest BCUT2D eigenvalue weighted by Crippen LogP contribution is -2.37. The minimum absolute atomic E-state index is 0.354. The predicted molar refractivity (Wildman–Crippen MR) is 151 cm³/mol. The summed E-state index contributed by atoms with van der Waals surface area (Å²) in [6.07, 6.45) is 7.28.